The Morgan fingerprint density at radius 3 is 2.34 bits per heavy atom. The van der Waals surface area contributed by atoms with Crippen molar-refractivity contribution < 1.29 is 52.7 Å². The van der Waals surface area contributed by atoms with Crippen LogP contribution in [0.1, 0.15) is 45.2 Å². The van der Waals surface area contributed by atoms with Gasteiger partial charge in [0.05, 0.1) is 5.25 Å². The highest BCUT2D eigenvalue weighted by atomic mass is 32.2. The number of piperidine rings is 1. The van der Waals surface area contributed by atoms with Gasteiger partial charge in [-0.1, -0.05) is 18.2 Å². The zero-order chi connectivity index (χ0) is 31.5. The Kier molecular flexibility index (Phi) is 8.08. The van der Waals surface area contributed by atoms with Crippen molar-refractivity contribution in [3.05, 3.63) is 35.4 Å². The number of thioether (sulfide) groups is 1. The van der Waals surface area contributed by atoms with Crippen molar-refractivity contribution in [1.29, 1.82) is 0 Å². The normalized spacial score (nSPS) is 36.4. The number of benzene rings is 1. The number of esters is 4. The van der Waals surface area contributed by atoms with E-state index in [-0.39, 0.29) is 41.1 Å². The molecular weight excluding hydrogens is 594 g/mol. The van der Waals surface area contributed by atoms with E-state index in [4.69, 9.17) is 28.4 Å². The van der Waals surface area contributed by atoms with Gasteiger partial charge in [0.1, 0.15) is 24.3 Å². The van der Waals surface area contributed by atoms with Gasteiger partial charge in [0.15, 0.2) is 29.8 Å². The van der Waals surface area contributed by atoms with Gasteiger partial charge in [-0.05, 0) is 38.1 Å². The van der Waals surface area contributed by atoms with Gasteiger partial charge in [-0.25, -0.2) is 0 Å². The van der Waals surface area contributed by atoms with Crippen molar-refractivity contribution in [2.75, 3.05) is 20.2 Å². The second-order valence-corrected chi connectivity index (χ2v) is 13.4. The van der Waals surface area contributed by atoms with E-state index in [1.165, 1.54) is 45.0 Å². The molecule has 1 aromatic rings. The number of rotatable bonds is 7. The summed E-state index contributed by atoms with van der Waals surface area (Å²) in [6.45, 7) is 5.42. The molecule has 2 aliphatic carbocycles. The van der Waals surface area contributed by atoms with Crippen LogP contribution in [0.2, 0.25) is 0 Å². The average Bonchev–Trinajstić information content (AvgIpc) is 3.30. The molecule has 3 aliphatic heterocycles. The Morgan fingerprint density at radius 1 is 0.977 bits per heavy atom. The van der Waals surface area contributed by atoms with Crippen LogP contribution in [0.5, 0.6) is 11.5 Å². The van der Waals surface area contributed by atoms with Crippen molar-refractivity contribution in [3.8, 4) is 11.5 Å². The summed E-state index contributed by atoms with van der Waals surface area (Å²) in [6, 6.07) is 3.95. The first-order valence-corrected chi connectivity index (χ1v) is 15.7. The lowest BCUT2D eigenvalue weighted by atomic mass is 9.53. The Labute approximate surface area is 259 Å². The number of hydrogen-bond acceptors (Lipinski definition) is 13. The van der Waals surface area contributed by atoms with Crippen molar-refractivity contribution in [3.63, 3.8) is 0 Å². The molecule has 12 nitrogen and oxygen atoms in total. The van der Waals surface area contributed by atoms with Crippen LogP contribution in [0.3, 0.4) is 0 Å². The topological polar surface area (TPSA) is 147 Å². The van der Waals surface area contributed by atoms with Crippen molar-refractivity contribution in [1.82, 2.24) is 4.90 Å². The number of carbonyl (C=O) groups excluding carboxylic acids is 4. The summed E-state index contributed by atoms with van der Waals surface area (Å²) in [7, 11) is 2.14. The van der Waals surface area contributed by atoms with Gasteiger partial charge < -0.3 is 38.4 Å². The molecule has 2 bridgehead atoms. The number of phenolic OH excluding ortho intramolecular Hbond substituents is 1. The molecule has 0 amide bonds. The first-order valence-electron chi connectivity index (χ1n) is 14.8. The van der Waals surface area contributed by atoms with E-state index in [2.05, 4.69) is 24.1 Å². The molecule has 5 aliphatic rings. The number of likely N-dealkylation sites (tertiary alicyclic amines) is 1. The summed E-state index contributed by atoms with van der Waals surface area (Å²) < 4.78 is 35.2. The third-order valence-corrected chi connectivity index (χ3v) is 10.7. The predicted molar refractivity (Wildman–Crippen MR) is 155 cm³/mol. The Balaban J connectivity index is 1.38. The highest BCUT2D eigenvalue weighted by Crippen LogP contribution is 2.63. The summed E-state index contributed by atoms with van der Waals surface area (Å²) in [5.74, 6) is -1.82. The summed E-state index contributed by atoms with van der Waals surface area (Å²) in [5.41, 5.74) is 0.904. The highest BCUT2D eigenvalue weighted by Gasteiger charge is 2.65. The van der Waals surface area contributed by atoms with Crippen LogP contribution in [0.4, 0.5) is 0 Å². The molecule has 0 saturated carbocycles. The predicted octanol–water partition coefficient (Wildman–Crippen LogP) is 2.02. The van der Waals surface area contributed by atoms with Crippen LogP contribution in [0, 0.1) is 5.92 Å². The molecule has 0 aromatic heterocycles. The van der Waals surface area contributed by atoms with Gasteiger partial charge in [0.25, 0.3) is 0 Å². The number of aromatic hydroxyl groups is 1. The monoisotopic (exact) mass is 631 g/mol. The molecule has 44 heavy (non-hydrogen) atoms. The summed E-state index contributed by atoms with van der Waals surface area (Å²) in [5, 5.41) is 10.6. The second kappa shape index (κ2) is 11.6. The molecule has 238 valence electrons. The molecule has 2 fully saturated rings. The molecule has 9 unspecified atom stereocenters. The van der Waals surface area contributed by atoms with Crippen LogP contribution in [-0.2, 0) is 54.7 Å². The first kappa shape index (κ1) is 30.7. The number of hydrogen-bond donors (Lipinski definition) is 1. The number of carbonyl (C=O) groups is 4. The molecule has 1 aromatic carbocycles. The van der Waals surface area contributed by atoms with Crippen molar-refractivity contribution in [2.45, 2.75) is 93.2 Å². The SMILES string of the molecule is CC(=O)OCC1OC(SC2C=CC3C4Cc5ccc(O)c6c5[C@@]3(CCN4C)C2O6)C(OC(C)=O)C(OC(C)=O)C1OC(C)=O. The lowest BCUT2D eigenvalue weighted by Crippen LogP contribution is -2.65. The minimum Gasteiger partial charge on any atom is -0.504 e. The number of phenols is 1. The van der Waals surface area contributed by atoms with E-state index in [0.29, 0.717) is 5.75 Å². The fourth-order valence-electron chi connectivity index (χ4n) is 7.79. The van der Waals surface area contributed by atoms with Gasteiger partial charge in [-0.2, -0.15) is 0 Å². The molecule has 13 heteroatoms. The Morgan fingerprint density at radius 2 is 1.66 bits per heavy atom. The van der Waals surface area contributed by atoms with E-state index in [0.717, 1.165) is 24.9 Å². The second-order valence-electron chi connectivity index (χ2n) is 12.1. The minimum absolute atomic E-state index is 0.0969. The van der Waals surface area contributed by atoms with Crippen LogP contribution >= 0.6 is 11.8 Å². The molecule has 2 saturated heterocycles. The quantitative estimate of drug-likeness (QED) is 0.266. The third kappa shape index (κ3) is 5.12. The average molecular weight is 632 g/mol. The van der Waals surface area contributed by atoms with Gasteiger partial charge in [-0.3, -0.25) is 19.2 Å². The largest absolute Gasteiger partial charge is 0.504 e. The van der Waals surface area contributed by atoms with E-state index in [1.807, 2.05) is 6.07 Å². The lowest BCUT2D eigenvalue weighted by Gasteiger charge is -2.57. The van der Waals surface area contributed by atoms with Gasteiger partial charge in [-0.15, -0.1) is 11.8 Å². The maximum Gasteiger partial charge on any atom is 0.303 e. The Bertz CT molecular complexity index is 1400. The Hall–Kier alpha value is -3.29. The smallest absolute Gasteiger partial charge is 0.303 e. The fourth-order valence-corrected chi connectivity index (χ4v) is 9.29. The molecule has 1 N–H and O–H groups in total. The van der Waals surface area contributed by atoms with E-state index < -0.39 is 53.7 Å². The van der Waals surface area contributed by atoms with E-state index in [1.54, 1.807) is 6.07 Å². The summed E-state index contributed by atoms with van der Waals surface area (Å²) >= 11 is 1.33. The highest BCUT2D eigenvalue weighted by molar-refractivity contribution is 8.00. The van der Waals surface area contributed by atoms with Gasteiger partial charge in [0, 0.05) is 50.6 Å². The molecule has 6 rings (SSSR count). The number of nitrogens with zero attached hydrogens (tertiary/aromatic N) is 1. The first-order chi connectivity index (χ1) is 20.9. The van der Waals surface area contributed by atoms with Gasteiger partial charge >= 0.3 is 23.9 Å². The van der Waals surface area contributed by atoms with Crippen LogP contribution < -0.4 is 4.74 Å². The fraction of sp³-hybridized carbons (Fsp3) is 0.613. The van der Waals surface area contributed by atoms with Crippen molar-refractivity contribution in [2.24, 2.45) is 5.92 Å². The van der Waals surface area contributed by atoms with Crippen molar-refractivity contribution >= 4 is 35.6 Å². The molecule has 10 atom stereocenters. The van der Waals surface area contributed by atoms with Crippen LogP contribution in [-0.4, -0.2) is 101 Å². The van der Waals surface area contributed by atoms with E-state index in [9.17, 15) is 24.3 Å². The third-order valence-electron chi connectivity index (χ3n) is 9.37. The summed E-state index contributed by atoms with van der Waals surface area (Å²) in [6.07, 6.45) is 0.918. The molecule has 0 radical (unpaired) electrons. The van der Waals surface area contributed by atoms with Crippen LogP contribution in [0.15, 0.2) is 24.3 Å². The molecule has 3 heterocycles. The zero-order valence-electron chi connectivity index (χ0n) is 25.2. The number of ether oxygens (including phenoxy) is 6. The lowest BCUT2D eigenvalue weighted by molar-refractivity contribution is -0.237. The van der Waals surface area contributed by atoms with Crippen LogP contribution in [0.25, 0.3) is 0 Å². The number of likely N-dealkylation sites (N-methyl/N-ethyl adjacent to an activating group) is 1. The summed E-state index contributed by atoms with van der Waals surface area (Å²) in [4.78, 5) is 50.9. The standard InChI is InChI=1S/C31H37NO11S/c1-14(33)38-13-22-26(39-15(2)34)27(40-16(3)35)28(41-17(4)36)30(42-22)44-23-9-7-19-20-12-18-6-8-21(37)25-24(18)31(19,29(23)43-25)10-11-32(20)5/h6-9,19-20,22-23,26-30,37H,10-13H2,1-5H3/t19?,20?,22?,23?,26?,27?,28?,29?,30?,31-/m0/s1. The minimum atomic E-state index is -1.25. The molecular formula is C31H37NO11S. The maximum absolute atomic E-state index is 12.4. The van der Waals surface area contributed by atoms with E-state index >= 15 is 0 Å². The maximum atomic E-state index is 12.4. The molecule has 1 spiro atoms. The van der Waals surface area contributed by atoms with Gasteiger partial charge in [0.2, 0.25) is 0 Å². The zero-order valence-corrected chi connectivity index (χ0v) is 26.0.